The number of hydrogen-bond acceptors (Lipinski definition) is 3. The van der Waals surface area contributed by atoms with Crippen molar-refractivity contribution in [3.8, 4) is 0 Å². The maximum absolute atomic E-state index is 5.56. The van der Waals surface area contributed by atoms with Gasteiger partial charge in [0.05, 0.1) is 6.61 Å². The summed E-state index contributed by atoms with van der Waals surface area (Å²) >= 11 is 0. The molecule has 0 spiro atoms. The van der Waals surface area contributed by atoms with Gasteiger partial charge in [0.2, 0.25) is 5.96 Å². The Kier molecular flexibility index (Phi) is 6.18. The van der Waals surface area contributed by atoms with Crippen LogP contribution in [0.4, 0.5) is 0 Å². The zero-order valence-corrected chi connectivity index (χ0v) is 10.4. The van der Waals surface area contributed by atoms with E-state index in [0.717, 1.165) is 44.6 Å². The van der Waals surface area contributed by atoms with Gasteiger partial charge in [-0.05, 0) is 25.2 Å². The van der Waals surface area contributed by atoms with Gasteiger partial charge in [-0.2, -0.15) is 0 Å². The molecule has 0 saturated heterocycles. The summed E-state index contributed by atoms with van der Waals surface area (Å²) in [6, 6.07) is 0. The van der Waals surface area contributed by atoms with Crippen LogP contribution in [0.15, 0.2) is 4.99 Å². The molecule has 5 heteroatoms. The SMILES string of the molecule is CCCN=C(NN)N(C)CCOCC1CC1. The van der Waals surface area contributed by atoms with E-state index in [0.29, 0.717) is 0 Å². The molecular formula is C11H24N4O. The van der Waals surface area contributed by atoms with E-state index in [1.807, 2.05) is 11.9 Å². The lowest BCUT2D eigenvalue weighted by atomic mass is 10.5. The fraction of sp³-hybridized carbons (Fsp3) is 0.909. The van der Waals surface area contributed by atoms with Gasteiger partial charge >= 0.3 is 0 Å². The zero-order chi connectivity index (χ0) is 11.8. The summed E-state index contributed by atoms with van der Waals surface area (Å²) in [6.07, 6.45) is 3.70. The molecule has 3 N–H and O–H groups in total. The van der Waals surface area contributed by atoms with E-state index in [9.17, 15) is 0 Å². The first-order valence-electron chi connectivity index (χ1n) is 6.07. The summed E-state index contributed by atoms with van der Waals surface area (Å²) in [5, 5.41) is 0. The average Bonchev–Trinajstić information content (AvgIpc) is 3.09. The second kappa shape index (κ2) is 7.46. The van der Waals surface area contributed by atoms with Crippen molar-refractivity contribution in [3.05, 3.63) is 0 Å². The van der Waals surface area contributed by atoms with Crippen molar-refractivity contribution in [1.29, 1.82) is 0 Å². The minimum atomic E-state index is 0.733. The minimum Gasteiger partial charge on any atom is -0.379 e. The molecule has 0 aromatic heterocycles. The standard InChI is InChI=1S/C11H24N4O/c1-3-6-13-11(14-12)15(2)7-8-16-9-10-4-5-10/h10H,3-9,12H2,1-2H3,(H,13,14). The van der Waals surface area contributed by atoms with Crippen molar-refractivity contribution < 1.29 is 4.74 Å². The summed E-state index contributed by atoms with van der Waals surface area (Å²) in [5.41, 5.74) is 2.62. The van der Waals surface area contributed by atoms with Crippen LogP contribution in [0.25, 0.3) is 0 Å². The molecule has 1 aliphatic carbocycles. The molecule has 0 aliphatic heterocycles. The number of rotatable bonds is 7. The first-order valence-corrected chi connectivity index (χ1v) is 6.07. The van der Waals surface area contributed by atoms with Crippen LogP contribution in [0.2, 0.25) is 0 Å². The van der Waals surface area contributed by atoms with Gasteiger partial charge in [-0.1, -0.05) is 6.92 Å². The lowest BCUT2D eigenvalue weighted by Gasteiger charge is -2.20. The lowest BCUT2D eigenvalue weighted by Crippen LogP contribution is -2.44. The Morgan fingerprint density at radius 2 is 2.31 bits per heavy atom. The van der Waals surface area contributed by atoms with Gasteiger partial charge in [0.1, 0.15) is 0 Å². The molecule has 1 fully saturated rings. The largest absolute Gasteiger partial charge is 0.379 e. The number of guanidine groups is 1. The molecule has 1 aliphatic rings. The normalized spacial score (nSPS) is 16.3. The zero-order valence-electron chi connectivity index (χ0n) is 10.4. The molecule has 0 radical (unpaired) electrons. The molecule has 1 rings (SSSR count). The van der Waals surface area contributed by atoms with Crippen molar-refractivity contribution in [3.63, 3.8) is 0 Å². The molecule has 0 amide bonds. The van der Waals surface area contributed by atoms with Crippen LogP contribution in [0, 0.1) is 5.92 Å². The third-order valence-corrected chi connectivity index (χ3v) is 2.60. The molecule has 0 heterocycles. The van der Waals surface area contributed by atoms with Crippen LogP contribution in [0.5, 0.6) is 0 Å². The first kappa shape index (κ1) is 13.3. The van der Waals surface area contributed by atoms with E-state index < -0.39 is 0 Å². The quantitative estimate of drug-likeness (QED) is 0.220. The Labute approximate surface area is 98.0 Å². The van der Waals surface area contributed by atoms with Crippen LogP contribution in [0.1, 0.15) is 26.2 Å². The molecule has 0 aromatic carbocycles. The Morgan fingerprint density at radius 3 is 2.88 bits per heavy atom. The second-order valence-electron chi connectivity index (χ2n) is 4.29. The highest BCUT2D eigenvalue weighted by Crippen LogP contribution is 2.28. The molecule has 0 bridgehead atoms. The van der Waals surface area contributed by atoms with Gasteiger partial charge in [-0.25, -0.2) is 5.84 Å². The highest BCUT2D eigenvalue weighted by atomic mass is 16.5. The number of hydrazine groups is 1. The summed E-state index contributed by atoms with van der Waals surface area (Å²) in [6.45, 7) is 5.35. The van der Waals surface area contributed by atoms with Gasteiger partial charge in [0.25, 0.3) is 0 Å². The van der Waals surface area contributed by atoms with Crippen molar-refractivity contribution in [2.45, 2.75) is 26.2 Å². The van der Waals surface area contributed by atoms with Crippen LogP contribution >= 0.6 is 0 Å². The van der Waals surface area contributed by atoms with Gasteiger partial charge in [-0.15, -0.1) is 0 Å². The number of ether oxygens (including phenoxy) is 1. The van der Waals surface area contributed by atoms with Gasteiger partial charge < -0.3 is 9.64 Å². The van der Waals surface area contributed by atoms with Crippen molar-refractivity contribution >= 4 is 5.96 Å². The van der Waals surface area contributed by atoms with Crippen molar-refractivity contribution in [2.24, 2.45) is 16.8 Å². The number of nitrogens with two attached hydrogens (primary N) is 1. The van der Waals surface area contributed by atoms with E-state index in [1.54, 1.807) is 0 Å². The Balaban J connectivity index is 2.11. The van der Waals surface area contributed by atoms with Crippen LogP contribution < -0.4 is 11.3 Å². The molecule has 1 saturated carbocycles. The van der Waals surface area contributed by atoms with E-state index in [2.05, 4.69) is 17.3 Å². The molecular weight excluding hydrogens is 204 g/mol. The van der Waals surface area contributed by atoms with Gasteiger partial charge in [0.15, 0.2) is 0 Å². The monoisotopic (exact) mass is 228 g/mol. The van der Waals surface area contributed by atoms with E-state index in [-0.39, 0.29) is 0 Å². The van der Waals surface area contributed by atoms with Crippen LogP contribution in [-0.2, 0) is 4.74 Å². The molecule has 5 nitrogen and oxygen atoms in total. The van der Waals surface area contributed by atoms with Crippen molar-refractivity contribution in [1.82, 2.24) is 10.3 Å². The fourth-order valence-corrected chi connectivity index (χ4v) is 1.34. The van der Waals surface area contributed by atoms with E-state index >= 15 is 0 Å². The number of nitrogens with one attached hydrogen (secondary N) is 1. The third-order valence-electron chi connectivity index (χ3n) is 2.60. The predicted molar refractivity (Wildman–Crippen MR) is 66.1 cm³/mol. The number of hydrogen-bond donors (Lipinski definition) is 2. The average molecular weight is 228 g/mol. The van der Waals surface area contributed by atoms with E-state index in [1.165, 1.54) is 12.8 Å². The first-order chi connectivity index (χ1) is 7.77. The Hall–Kier alpha value is -0.810. The highest BCUT2D eigenvalue weighted by molar-refractivity contribution is 5.79. The highest BCUT2D eigenvalue weighted by Gasteiger charge is 2.21. The van der Waals surface area contributed by atoms with Crippen molar-refractivity contribution in [2.75, 3.05) is 33.4 Å². The van der Waals surface area contributed by atoms with Gasteiger partial charge in [0, 0.05) is 26.7 Å². The van der Waals surface area contributed by atoms with Gasteiger partial charge in [-0.3, -0.25) is 10.4 Å². The maximum Gasteiger partial charge on any atom is 0.208 e. The summed E-state index contributed by atoms with van der Waals surface area (Å²) in [5.74, 6) is 6.97. The fourth-order valence-electron chi connectivity index (χ4n) is 1.34. The third kappa shape index (κ3) is 5.32. The predicted octanol–water partition coefficient (Wildman–Crippen LogP) is 0.574. The number of aliphatic imine (C=N–C) groups is 1. The number of nitrogens with zero attached hydrogens (tertiary/aromatic N) is 2. The molecule has 16 heavy (non-hydrogen) atoms. The molecule has 0 aromatic rings. The van der Waals surface area contributed by atoms with E-state index in [4.69, 9.17) is 10.6 Å². The minimum absolute atomic E-state index is 0.733. The molecule has 0 unspecified atom stereocenters. The Morgan fingerprint density at radius 1 is 1.56 bits per heavy atom. The second-order valence-corrected chi connectivity index (χ2v) is 4.29. The Bertz CT molecular complexity index is 216. The van der Waals surface area contributed by atoms with Crippen LogP contribution in [0.3, 0.4) is 0 Å². The summed E-state index contributed by atoms with van der Waals surface area (Å²) in [4.78, 5) is 6.33. The maximum atomic E-state index is 5.56. The topological polar surface area (TPSA) is 62.9 Å². The summed E-state index contributed by atoms with van der Waals surface area (Å²) < 4.78 is 5.56. The smallest absolute Gasteiger partial charge is 0.208 e. The van der Waals surface area contributed by atoms with Crippen LogP contribution in [-0.4, -0.2) is 44.2 Å². The summed E-state index contributed by atoms with van der Waals surface area (Å²) in [7, 11) is 1.97. The molecule has 0 atom stereocenters. The molecule has 94 valence electrons. The lowest BCUT2D eigenvalue weighted by molar-refractivity contribution is 0.115. The number of likely N-dealkylation sites (N-methyl/N-ethyl adjacent to an activating group) is 1.